The average molecular weight is 252 g/mol. The highest BCUT2D eigenvalue weighted by atomic mass is 16.5. The van der Waals surface area contributed by atoms with Gasteiger partial charge in [0.2, 0.25) is 0 Å². The second-order valence-electron chi connectivity index (χ2n) is 4.20. The minimum absolute atomic E-state index is 0.512. The quantitative estimate of drug-likeness (QED) is 0.477. The standard InChI is InChI=1S/C13H20N2O3/c1-10(14-16)12-6-5-11(17-4)9-13(12)18-8-7-15(2)3/h5-6,9,16H,7-8H2,1-4H3/b14-10+. The van der Waals surface area contributed by atoms with Gasteiger partial charge in [0.1, 0.15) is 18.1 Å². The number of hydrogen-bond donors (Lipinski definition) is 1. The first-order valence-electron chi connectivity index (χ1n) is 5.73. The predicted molar refractivity (Wildman–Crippen MR) is 71.0 cm³/mol. The Balaban J connectivity index is 2.90. The number of nitrogens with zero attached hydrogens (tertiary/aromatic N) is 2. The van der Waals surface area contributed by atoms with Gasteiger partial charge in [-0.15, -0.1) is 0 Å². The molecule has 0 bridgehead atoms. The van der Waals surface area contributed by atoms with Crippen molar-refractivity contribution in [3.63, 3.8) is 0 Å². The first-order chi connectivity index (χ1) is 8.58. The van der Waals surface area contributed by atoms with Gasteiger partial charge in [-0.2, -0.15) is 0 Å². The summed E-state index contributed by atoms with van der Waals surface area (Å²) in [5.41, 5.74) is 1.27. The Morgan fingerprint density at radius 3 is 2.67 bits per heavy atom. The molecule has 0 saturated heterocycles. The molecule has 0 unspecified atom stereocenters. The smallest absolute Gasteiger partial charge is 0.132 e. The van der Waals surface area contributed by atoms with E-state index in [1.807, 2.05) is 31.1 Å². The van der Waals surface area contributed by atoms with Crippen molar-refractivity contribution < 1.29 is 14.7 Å². The summed E-state index contributed by atoms with van der Waals surface area (Å²) in [5, 5.41) is 12.0. The molecule has 0 aliphatic heterocycles. The fraction of sp³-hybridized carbons (Fsp3) is 0.462. The zero-order valence-corrected chi connectivity index (χ0v) is 11.3. The van der Waals surface area contributed by atoms with Gasteiger partial charge >= 0.3 is 0 Å². The summed E-state index contributed by atoms with van der Waals surface area (Å²) < 4.78 is 10.9. The van der Waals surface area contributed by atoms with Gasteiger partial charge in [-0.25, -0.2) is 0 Å². The van der Waals surface area contributed by atoms with Crippen LogP contribution in [0.3, 0.4) is 0 Å². The first-order valence-corrected chi connectivity index (χ1v) is 5.73. The lowest BCUT2D eigenvalue weighted by Crippen LogP contribution is -2.20. The predicted octanol–water partition coefficient (Wildman–Crippen LogP) is 1.83. The zero-order chi connectivity index (χ0) is 13.5. The second kappa shape index (κ2) is 6.86. The largest absolute Gasteiger partial charge is 0.497 e. The van der Waals surface area contributed by atoms with Crippen LogP contribution in [0.15, 0.2) is 23.4 Å². The summed E-state index contributed by atoms with van der Waals surface area (Å²) >= 11 is 0. The van der Waals surface area contributed by atoms with Crippen molar-refractivity contribution in [3.8, 4) is 11.5 Å². The van der Waals surface area contributed by atoms with Crippen LogP contribution in [0.4, 0.5) is 0 Å². The number of ether oxygens (including phenoxy) is 2. The fourth-order valence-corrected chi connectivity index (χ4v) is 1.44. The summed E-state index contributed by atoms with van der Waals surface area (Å²) in [5.74, 6) is 1.37. The third-order valence-corrected chi connectivity index (χ3v) is 2.52. The Hall–Kier alpha value is -1.75. The third kappa shape index (κ3) is 3.92. The number of methoxy groups -OCH3 is 1. The van der Waals surface area contributed by atoms with Crippen molar-refractivity contribution in [1.29, 1.82) is 0 Å². The van der Waals surface area contributed by atoms with Crippen LogP contribution in [0, 0.1) is 0 Å². The minimum Gasteiger partial charge on any atom is -0.497 e. The summed E-state index contributed by atoms with van der Waals surface area (Å²) in [6.07, 6.45) is 0. The van der Waals surface area contributed by atoms with Crippen LogP contribution in [0.2, 0.25) is 0 Å². The fourth-order valence-electron chi connectivity index (χ4n) is 1.44. The molecule has 0 amide bonds. The highest BCUT2D eigenvalue weighted by Crippen LogP contribution is 2.25. The number of rotatable bonds is 6. The number of likely N-dealkylation sites (N-methyl/N-ethyl adjacent to an activating group) is 1. The van der Waals surface area contributed by atoms with Gasteiger partial charge in [-0.05, 0) is 33.2 Å². The summed E-state index contributed by atoms with van der Waals surface area (Å²) in [7, 11) is 5.57. The molecule has 0 radical (unpaired) electrons. The van der Waals surface area contributed by atoms with Crippen molar-refractivity contribution in [2.24, 2.45) is 5.16 Å². The van der Waals surface area contributed by atoms with Crippen molar-refractivity contribution in [1.82, 2.24) is 4.90 Å². The first kappa shape index (κ1) is 14.3. The summed E-state index contributed by atoms with van der Waals surface area (Å²) in [6, 6.07) is 5.42. The molecule has 0 heterocycles. The van der Waals surface area contributed by atoms with Gasteiger partial charge < -0.3 is 19.6 Å². The van der Waals surface area contributed by atoms with E-state index in [0.717, 1.165) is 12.1 Å². The van der Waals surface area contributed by atoms with E-state index in [-0.39, 0.29) is 0 Å². The number of oxime groups is 1. The van der Waals surface area contributed by atoms with Crippen LogP contribution in [0.25, 0.3) is 0 Å². The molecular weight excluding hydrogens is 232 g/mol. The molecule has 1 rings (SSSR count). The lowest BCUT2D eigenvalue weighted by molar-refractivity contribution is 0.259. The molecule has 0 fully saturated rings. The van der Waals surface area contributed by atoms with Crippen molar-refractivity contribution in [2.75, 3.05) is 34.4 Å². The molecule has 0 aromatic heterocycles. The van der Waals surface area contributed by atoms with Crippen molar-refractivity contribution in [3.05, 3.63) is 23.8 Å². The topological polar surface area (TPSA) is 54.3 Å². The van der Waals surface area contributed by atoms with Crippen LogP contribution >= 0.6 is 0 Å². The summed E-state index contributed by atoms with van der Waals surface area (Å²) in [4.78, 5) is 2.03. The van der Waals surface area contributed by atoms with Crippen LogP contribution in [0.5, 0.6) is 11.5 Å². The summed E-state index contributed by atoms with van der Waals surface area (Å²) in [6.45, 7) is 3.10. The highest BCUT2D eigenvalue weighted by molar-refractivity contribution is 6.00. The van der Waals surface area contributed by atoms with Gasteiger partial charge in [0.05, 0.1) is 12.8 Å². The Bertz CT molecular complexity index is 417. The van der Waals surface area contributed by atoms with E-state index >= 15 is 0 Å². The van der Waals surface area contributed by atoms with E-state index < -0.39 is 0 Å². The molecule has 1 aromatic carbocycles. The van der Waals surface area contributed by atoms with Gasteiger partial charge in [0.15, 0.2) is 0 Å². The zero-order valence-electron chi connectivity index (χ0n) is 11.3. The molecule has 1 N–H and O–H groups in total. The Labute approximate surface area is 108 Å². The van der Waals surface area contributed by atoms with E-state index in [0.29, 0.717) is 23.8 Å². The van der Waals surface area contributed by atoms with Gasteiger partial charge in [-0.1, -0.05) is 5.16 Å². The van der Waals surface area contributed by atoms with Gasteiger partial charge in [0.25, 0.3) is 0 Å². The van der Waals surface area contributed by atoms with Crippen LogP contribution in [-0.4, -0.2) is 50.2 Å². The monoisotopic (exact) mass is 252 g/mol. The molecule has 5 nitrogen and oxygen atoms in total. The van der Waals surface area contributed by atoms with Crippen LogP contribution in [-0.2, 0) is 0 Å². The van der Waals surface area contributed by atoms with Crippen LogP contribution in [0.1, 0.15) is 12.5 Å². The van der Waals surface area contributed by atoms with E-state index in [4.69, 9.17) is 14.7 Å². The molecule has 5 heteroatoms. The van der Waals surface area contributed by atoms with E-state index in [2.05, 4.69) is 5.16 Å². The highest BCUT2D eigenvalue weighted by Gasteiger charge is 2.09. The number of hydrogen-bond acceptors (Lipinski definition) is 5. The van der Waals surface area contributed by atoms with E-state index in [1.165, 1.54) is 0 Å². The molecular formula is C13H20N2O3. The molecule has 0 saturated carbocycles. The minimum atomic E-state index is 0.512. The van der Waals surface area contributed by atoms with Crippen molar-refractivity contribution >= 4 is 5.71 Å². The average Bonchev–Trinajstić information content (AvgIpc) is 2.37. The second-order valence-corrected chi connectivity index (χ2v) is 4.20. The maximum Gasteiger partial charge on any atom is 0.132 e. The van der Waals surface area contributed by atoms with Crippen molar-refractivity contribution in [2.45, 2.75) is 6.92 Å². The molecule has 100 valence electrons. The molecule has 1 aromatic rings. The SMILES string of the molecule is COc1ccc(/C(C)=N/O)c(OCCN(C)C)c1. The Morgan fingerprint density at radius 1 is 1.39 bits per heavy atom. The third-order valence-electron chi connectivity index (χ3n) is 2.52. The van der Waals surface area contributed by atoms with E-state index in [9.17, 15) is 0 Å². The maximum atomic E-state index is 8.85. The maximum absolute atomic E-state index is 8.85. The lowest BCUT2D eigenvalue weighted by Gasteiger charge is -2.14. The molecule has 0 aliphatic rings. The Kier molecular flexibility index (Phi) is 5.45. The lowest BCUT2D eigenvalue weighted by atomic mass is 10.1. The molecule has 0 spiro atoms. The molecule has 0 atom stereocenters. The Morgan fingerprint density at radius 2 is 2.11 bits per heavy atom. The normalized spacial score (nSPS) is 11.7. The van der Waals surface area contributed by atoms with Crippen LogP contribution < -0.4 is 9.47 Å². The molecule has 0 aliphatic carbocycles. The van der Waals surface area contributed by atoms with Gasteiger partial charge in [0, 0.05) is 18.2 Å². The number of benzene rings is 1. The van der Waals surface area contributed by atoms with Gasteiger partial charge in [-0.3, -0.25) is 0 Å². The molecule has 18 heavy (non-hydrogen) atoms. The van der Waals surface area contributed by atoms with E-state index in [1.54, 1.807) is 20.1 Å².